The number of nitrogens with two attached hydrogens (primary N) is 1. The van der Waals surface area contributed by atoms with Crippen molar-refractivity contribution in [2.24, 2.45) is 0 Å². The first-order chi connectivity index (χ1) is 7.66. The molecule has 0 aliphatic rings. The lowest BCUT2D eigenvalue weighted by Gasteiger charge is -2.08. The summed E-state index contributed by atoms with van der Waals surface area (Å²) in [4.78, 5) is 4.24. The number of nitrogens with zero attached hydrogens (tertiary/aromatic N) is 2. The van der Waals surface area contributed by atoms with E-state index in [9.17, 15) is 0 Å². The molecule has 0 aromatic carbocycles. The standard InChI is InChI=1S/C11H15N5/c1-7-3-10(12)6-14-11(7)13-4-9-5-15-16-8(9)2/h3,5-6H,4,12H2,1-2H3,(H,13,14)(H,15,16). The van der Waals surface area contributed by atoms with E-state index in [1.54, 1.807) is 6.20 Å². The second kappa shape index (κ2) is 4.22. The number of rotatable bonds is 3. The van der Waals surface area contributed by atoms with E-state index in [1.807, 2.05) is 26.1 Å². The molecule has 0 radical (unpaired) electrons. The SMILES string of the molecule is Cc1cc(N)cnc1NCc1cn[nH]c1C. The maximum atomic E-state index is 5.64. The summed E-state index contributed by atoms with van der Waals surface area (Å²) in [6.45, 7) is 4.68. The number of hydrogen-bond acceptors (Lipinski definition) is 4. The van der Waals surface area contributed by atoms with Crippen molar-refractivity contribution in [2.75, 3.05) is 11.1 Å². The van der Waals surface area contributed by atoms with Crippen molar-refractivity contribution in [3.63, 3.8) is 0 Å². The molecule has 0 saturated heterocycles. The van der Waals surface area contributed by atoms with E-state index in [4.69, 9.17) is 5.73 Å². The van der Waals surface area contributed by atoms with Gasteiger partial charge in [0.15, 0.2) is 0 Å². The van der Waals surface area contributed by atoms with Gasteiger partial charge in [0.25, 0.3) is 0 Å². The van der Waals surface area contributed by atoms with Crippen LogP contribution in [-0.2, 0) is 6.54 Å². The first-order valence-electron chi connectivity index (χ1n) is 5.11. The largest absolute Gasteiger partial charge is 0.397 e. The molecule has 2 aromatic heterocycles. The first-order valence-corrected chi connectivity index (χ1v) is 5.11. The Morgan fingerprint density at radius 1 is 1.38 bits per heavy atom. The predicted octanol–water partition coefficient (Wildman–Crippen LogP) is 1.62. The molecule has 2 aromatic rings. The highest BCUT2D eigenvalue weighted by Crippen LogP contribution is 2.15. The number of pyridine rings is 1. The average molecular weight is 217 g/mol. The van der Waals surface area contributed by atoms with Crippen molar-refractivity contribution in [3.05, 3.63) is 35.3 Å². The lowest BCUT2D eigenvalue weighted by Crippen LogP contribution is -2.04. The molecule has 0 aliphatic heterocycles. The molecular formula is C11H15N5. The second-order valence-electron chi connectivity index (χ2n) is 3.81. The van der Waals surface area contributed by atoms with Crippen molar-refractivity contribution in [1.29, 1.82) is 0 Å². The maximum Gasteiger partial charge on any atom is 0.129 e. The third-order valence-electron chi connectivity index (χ3n) is 2.48. The van der Waals surface area contributed by atoms with Crippen LogP contribution in [0.5, 0.6) is 0 Å². The molecule has 0 spiro atoms. The summed E-state index contributed by atoms with van der Waals surface area (Å²) in [5, 5.41) is 10.1. The number of nitrogens with one attached hydrogen (secondary N) is 2. The number of hydrogen-bond donors (Lipinski definition) is 3. The Labute approximate surface area is 94.1 Å². The number of aryl methyl sites for hydroxylation is 2. The Morgan fingerprint density at radius 2 is 2.19 bits per heavy atom. The Bertz CT molecular complexity index is 489. The molecule has 16 heavy (non-hydrogen) atoms. The van der Waals surface area contributed by atoms with Crippen LogP contribution >= 0.6 is 0 Å². The Balaban J connectivity index is 2.08. The van der Waals surface area contributed by atoms with Crippen molar-refractivity contribution in [1.82, 2.24) is 15.2 Å². The van der Waals surface area contributed by atoms with Crippen LogP contribution in [0, 0.1) is 13.8 Å². The van der Waals surface area contributed by atoms with Gasteiger partial charge in [-0.1, -0.05) is 0 Å². The van der Waals surface area contributed by atoms with E-state index in [2.05, 4.69) is 20.5 Å². The van der Waals surface area contributed by atoms with Gasteiger partial charge in [-0.2, -0.15) is 5.10 Å². The van der Waals surface area contributed by atoms with Crippen LogP contribution < -0.4 is 11.1 Å². The molecule has 4 N–H and O–H groups in total. The van der Waals surface area contributed by atoms with E-state index in [0.29, 0.717) is 12.2 Å². The van der Waals surface area contributed by atoms with Crippen LogP contribution in [0.2, 0.25) is 0 Å². The average Bonchev–Trinajstić information content (AvgIpc) is 2.63. The lowest BCUT2D eigenvalue weighted by atomic mass is 10.2. The van der Waals surface area contributed by atoms with E-state index in [1.165, 1.54) is 0 Å². The summed E-state index contributed by atoms with van der Waals surface area (Å²) in [6.07, 6.45) is 3.46. The minimum Gasteiger partial charge on any atom is -0.397 e. The van der Waals surface area contributed by atoms with Crippen LogP contribution in [0.3, 0.4) is 0 Å². The quantitative estimate of drug-likeness (QED) is 0.729. The fourth-order valence-electron chi connectivity index (χ4n) is 1.51. The molecule has 0 atom stereocenters. The van der Waals surface area contributed by atoms with Gasteiger partial charge in [-0.25, -0.2) is 4.98 Å². The molecule has 0 fully saturated rings. The van der Waals surface area contributed by atoms with Crippen LogP contribution in [0.15, 0.2) is 18.5 Å². The summed E-state index contributed by atoms with van der Waals surface area (Å²) in [6, 6.07) is 1.90. The molecule has 0 aliphatic carbocycles. The topological polar surface area (TPSA) is 79.6 Å². The zero-order valence-corrected chi connectivity index (χ0v) is 9.41. The molecule has 2 rings (SSSR count). The summed E-state index contributed by atoms with van der Waals surface area (Å²) >= 11 is 0. The molecule has 5 nitrogen and oxygen atoms in total. The van der Waals surface area contributed by atoms with Crippen molar-refractivity contribution >= 4 is 11.5 Å². The Morgan fingerprint density at radius 3 is 2.81 bits per heavy atom. The molecule has 84 valence electrons. The van der Waals surface area contributed by atoms with E-state index in [-0.39, 0.29) is 0 Å². The molecule has 0 amide bonds. The lowest BCUT2D eigenvalue weighted by molar-refractivity contribution is 1.04. The summed E-state index contributed by atoms with van der Waals surface area (Å²) < 4.78 is 0. The van der Waals surface area contributed by atoms with Crippen molar-refractivity contribution in [2.45, 2.75) is 20.4 Å². The van der Waals surface area contributed by atoms with Gasteiger partial charge >= 0.3 is 0 Å². The zero-order valence-electron chi connectivity index (χ0n) is 9.41. The van der Waals surface area contributed by atoms with Gasteiger partial charge in [0.1, 0.15) is 5.82 Å². The number of nitrogen functional groups attached to an aromatic ring is 1. The molecular weight excluding hydrogens is 202 g/mol. The Hall–Kier alpha value is -2.04. The van der Waals surface area contributed by atoms with E-state index >= 15 is 0 Å². The highest BCUT2D eigenvalue weighted by molar-refractivity contribution is 5.51. The van der Waals surface area contributed by atoms with Crippen molar-refractivity contribution in [3.8, 4) is 0 Å². The van der Waals surface area contributed by atoms with Gasteiger partial charge in [0.05, 0.1) is 18.1 Å². The van der Waals surface area contributed by atoms with Gasteiger partial charge < -0.3 is 11.1 Å². The van der Waals surface area contributed by atoms with Gasteiger partial charge in [0.2, 0.25) is 0 Å². The minimum absolute atomic E-state index is 0.683. The van der Waals surface area contributed by atoms with Gasteiger partial charge in [-0.3, -0.25) is 5.10 Å². The maximum absolute atomic E-state index is 5.64. The second-order valence-corrected chi connectivity index (χ2v) is 3.81. The summed E-state index contributed by atoms with van der Waals surface area (Å²) in [5.74, 6) is 0.856. The normalized spacial score (nSPS) is 10.4. The Kier molecular flexibility index (Phi) is 2.76. The summed E-state index contributed by atoms with van der Waals surface area (Å²) in [5.41, 5.74) is 9.57. The van der Waals surface area contributed by atoms with Crippen LogP contribution in [0.25, 0.3) is 0 Å². The number of aromatic nitrogens is 3. The predicted molar refractivity (Wildman–Crippen MR) is 64.0 cm³/mol. The van der Waals surface area contributed by atoms with E-state index in [0.717, 1.165) is 22.6 Å². The molecule has 2 heterocycles. The monoisotopic (exact) mass is 217 g/mol. The smallest absolute Gasteiger partial charge is 0.129 e. The third kappa shape index (κ3) is 2.13. The fraction of sp³-hybridized carbons (Fsp3) is 0.273. The van der Waals surface area contributed by atoms with Gasteiger partial charge in [-0.05, 0) is 25.5 Å². The number of aromatic amines is 1. The first kappa shape index (κ1) is 10.5. The molecule has 5 heteroatoms. The van der Waals surface area contributed by atoms with E-state index < -0.39 is 0 Å². The molecule has 0 saturated carbocycles. The van der Waals surface area contributed by atoms with Gasteiger partial charge in [-0.15, -0.1) is 0 Å². The van der Waals surface area contributed by atoms with Crippen LogP contribution in [-0.4, -0.2) is 15.2 Å². The number of anilines is 2. The highest BCUT2D eigenvalue weighted by Gasteiger charge is 2.03. The van der Waals surface area contributed by atoms with Gasteiger partial charge in [0, 0.05) is 17.8 Å². The summed E-state index contributed by atoms with van der Waals surface area (Å²) in [7, 11) is 0. The van der Waals surface area contributed by atoms with Crippen molar-refractivity contribution < 1.29 is 0 Å². The highest BCUT2D eigenvalue weighted by atomic mass is 15.1. The third-order valence-corrected chi connectivity index (χ3v) is 2.48. The van der Waals surface area contributed by atoms with Crippen LogP contribution in [0.4, 0.5) is 11.5 Å². The number of H-pyrrole nitrogens is 1. The fourth-order valence-corrected chi connectivity index (χ4v) is 1.51. The molecule has 0 bridgehead atoms. The molecule has 0 unspecified atom stereocenters. The van der Waals surface area contributed by atoms with Crippen LogP contribution in [0.1, 0.15) is 16.8 Å². The minimum atomic E-state index is 0.683. The zero-order chi connectivity index (χ0) is 11.5.